The van der Waals surface area contributed by atoms with E-state index in [0.29, 0.717) is 6.42 Å². The molecular weight excluding hydrogens is 180 g/mol. The molecular formula is C10H18N2O2. The number of carbonyl (C=O) groups excluding carboxylic acids is 2. The maximum Gasteiger partial charge on any atom is 0.315 e. The molecule has 2 N–H and O–H groups in total. The Labute approximate surface area is 84.4 Å². The topological polar surface area (TPSA) is 58.2 Å². The molecule has 4 heteroatoms. The van der Waals surface area contributed by atoms with E-state index in [0.717, 1.165) is 32.0 Å². The van der Waals surface area contributed by atoms with Crippen LogP contribution in [0, 0.1) is 0 Å². The quantitative estimate of drug-likeness (QED) is 0.498. The van der Waals surface area contributed by atoms with Crippen molar-refractivity contribution in [3.8, 4) is 0 Å². The average Bonchev–Trinajstić information content (AvgIpc) is 2.45. The van der Waals surface area contributed by atoms with E-state index >= 15 is 0 Å². The number of hydrogen-bond donors (Lipinski definition) is 2. The van der Waals surface area contributed by atoms with Crippen LogP contribution in [0.4, 0.5) is 4.79 Å². The fraction of sp³-hybridized carbons (Fsp3) is 0.800. The zero-order valence-corrected chi connectivity index (χ0v) is 8.58. The van der Waals surface area contributed by atoms with Gasteiger partial charge < -0.3 is 15.4 Å². The van der Waals surface area contributed by atoms with Gasteiger partial charge in [0, 0.05) is 12.5 Å². The maximum absolute atomic E-state index is 10.9. The van der Waals surface area contributed by atoms with E-state index in [-0.39, 0.29) is 18.1 Å². The molecule has 0 bridgehead atoms. The third kappa shape index (κ3) is 3.36. The van der Waals surface area contributed by atoms with Crippen LogP contribution in [-0.2, 0) is 4.79 Å². The molecule has 2 unspecified atom stereocenters. The maximum atomic E-state index is 10.9. The monoisotopic (exact) mass is 198 g/mol. The Morgan fingerprint density at radius 3 is 2.64 bits per heavy atom. The van der Waals surface area contributed by atoms with Crippen LogP contribution in [0.1, 0.15) is 39.0 Å². The van der Waals surface area contributed by atoms with Gasteiger partial charge in [-0.3, -0.25) is 0 Å². The van der Waals surface area contributed by atoms with Crippen LogP contribution in [0.15, 0.2) is 0 Å². The normalized spacial score (nSPS) is 25.6. The van der Waals surface area contributed by atoms with E-state index in [1.54, 1.807) is 0 Å². The molecule has 1 heterocycles. The summed E-state index contributed by atoms with van der Waals surface area (Å²) in [4.78, 5) is 21.0. The number of carbonyl (C=O) groups is 2. The largest absolute Gasteiger partial charge is 0.334 e. The number of nitrogens with one attached hydrogen (secondary N) is 2. The van der Waals surface area contributed by atoms with Gasteiger partial charge in [0.15, 0.2) is 0 Å². The van der Waals surface area contributed by atoms with Crippen molar-refractivity contribution in [1.82, 2.24) is 10.6 Å². The standard InChI is InChI=1S/C10H18N2O2/c1-8-9(12-10(14)11-8)6-4-2-3-5-7-13/h7-9H,2-6H2,1H3,(H2,11,12,14). The van der Waals surface area contributed by atoms with Gasteiger partial charge in [0.05, 0.1) is 6.04 Å². The van der Waals surface area contributed by atoms with Crippen molar-refractivity contribution in [1.29, 1.82) is 0 Å². The Morgan fingerprint density at radius 2 is 2.07 bits per heavy atom. The minimum Gasteiger partial charge on any atom is -0.334 e. The third-order valence-corrected chi connectivity index (χ3v) is 2.62. The first-order valence-corrected chi connectivity index (χ1v) is 5.24. The van der Waals surface area contributed by atoms with Crippen molar-refractivity contribution in [3.63, 3.8) is 0 Å². The number of urea groups is 1. The molecule has 0 spiro atoms. The zero-order valence-electron chi connectivity index (χ0n) is 8.58. The van der Waals surface area contributed by atoms with Gasteiger partial charge in [0.2, 0.25) is 0 Å². The van der Waals surface area contributed by atoms with Crippen LogP contribution in [0.2, 0.25) is 0 Å². The van der Waals surface area contributed by atoms with E-state index in [4.69, 9.17) is 0 Å². The Kier molecular flexibility index (Phi) is 4.43. The first-order chi connectivity index (χ1) is 6.74. The van der Waals surface area contributed by atoms with Crippen LogP contribution in [0.3, 0.4) is 0 Å². The number of aldehydes is 1. The van der Waals surface area contributed by atoms with Crippen LogP contribution in [0.25, 0.3) is 0 Å². The van der Waals surface area contributed by atoms with Crippen LogP contribution >= 0.6 is 0 Å². The molecule has 0 aliphatic carbocycles. The highest BCUT2D eigenvalue weighted by Gasteiger charge is 2.26. The molecule has 0 saturated carbocycles. The van der Waals surface area contributed by atoms with Crippen LogP contribution in [0.5, 0.6) is 0 Å². The van der Waals surface area contributed by atoms with Gasteiger partial charge in [0.1, 0.15) is 6.29 Å². The summed E-state index contributed by atoms with van der Waals surface area (Å²) in [5, 5.41) is 5.69. The summed E-state index contributed by atoms with van der Waals surface area (Å²) in [6.07, 6.45) is 5.72. The highest BCUT2D eigenvalue weighted by Crippen LogP contribution is 2.10. The number of amides is 2. The summed E-state index contributed by atoms with van der Waals surface area (Å²) in [6.45, 7) is 2.01. The minimum absolute atomic E-state index is 0.0598. The number of unbranched alkanes of at least 4 members (excludes halogenated alkanes) is 3. The molecule has 1 saturated heterocycles. The van der Waals surface area contributed by atoms with Crippen molar-refractivity contribution in [2.45, 2.75) is 51.1 Å². The molecule has 2 atom stereocenters. The molecule has 4 nitrogen and oxygen atoms in total. The van der Waals surface area contributed by atoms with E-state index in [1.807, 2.05) is 6.92 Å². The highest BCUT2D eigenvalue weighted by molar-refractivity contribution is 5.77. The second-order valence-corrected chi connectivity index (χ2v) is 3.82. The molecule has 0 aromatic carbocycles. The van der Waals surface area contributed by atoms with Crippen molar-refractivity contribution in [2.75, 3.05) is 0 Å². The smallest absolute Gasteiger partial charge is 0.315 e. The van der Waals surface area contributed by atoms with Crippen molar-refractivity contribution in [3.05, 3.63) is 0 Å². The van der Waals surface area contributed by atoms with Crippen molar-refractivity contribution in [2.24, 2.45) is 0 Å². The lowest BCUT2D eigenvalue weighted by Gasteiger charge is -2.13. The second-order valence-electron chi connectivity index (χ2n) is 3.82. The van der Waals surface area contributed by atoms with Crippen molar-refractivity contribution < 1.29 is 9.59 Å². The Morgan fingerprint density at radius 1 is 1.29 bits per heavy atom. The Balaban J connectivity index is 2.06. The lowest BCUT2D eigenvalue weighted by molar-refractivity contribution is -0.107. The summed E-state index contributed by atoms with van der Waals surface area (Å²) in [5.41, 5.74) is 0. The van der Waals surface area contributed by atoms with Gasteiger partial charge in [-0.15, -0.1) is 0 Å². The van der Waals surface area contributed by atoms with Gasteiger partial charge >= 0.3 is 6.03 Å². The zero-order chi connectivity index (χ0) is 10.4. The molecule has 0 radical (unpaired) electrons. The van der Waals surface area contributed by atoms with E-state index in [1.165, 1.54) is 0 Å². The molecule has 1 aliphatic rings. The number of rotatable bonds is 6. The molecule has 2 amide bonds. The first kappa shape index (κ1) is 11.0. The lowest BCUT2D eigenvalue weighted by atomic mass is 10.0. The summed E-state index contributed by atoms with van der Waals surface area (Å²) >= 11 is 0. The van der Waals surface area contributed by atoms with Crippen LogP contribution < -0.4 is 10.6 Å². The summed E-state index contributed by atoms with van der Waals surface area (Å²) < 4.78 is 0. The predicted octanol–water partition coefficient (Wildman–Crippen LogP) is 1.21. The van der Waals surface area contributed by atoms with Crippen molar-refractivity contribution >= 4 is 12.3 Å². The van der Waals surface area contributed by atoms with Gasteiger partial charge in [-0.05, 0) is 19.8 Å². The predicted molar refractivity (Wildman–Crippen MR) is 54.1 cm³/mol. The fourth-order valence-electron chi connectivity index (χ4n) is 1.73. The summed E-state index contributed by atoms with van der Waals surface area (Å²) in [6, 6.07) is 0.433. The van der Waals surface area contributed by atoms with Gasteiger partial charge in [-0.1, -0.05) is 12.8 Å². The first-order valence-electron chi connectivity index (χ1n) is 5.24. The molecule has 1 rings (SSSR count). The SMILES string of the molecule is CC1NC(=O)NC1CCCCCC=O. The summed E-state index contributed by atoms with van der Waals surface area (Å²) in [5.74, 6) is 0. The molecule has 0 aromatic heterocycles. The second kappa shape index (κ2) is 5.62. The van der Waals surface area contributed by atoms with Gasteiger partial charge in [0.25, 0.3) is 0 Å². The average molecular weight is 198 g/mol. The van der Waals surface area contributed by atoms with E-state index in [9.17, 15) is 9.59 Å². The molecule has 1 fully saturated rings. The van der Waals surface area contributed by atoms with Gasteiger partial charge in [-0.25, -0.2) is 4.79 Å². The lowest BCUT2D eigenvalue weighted by Crippen LogP contribution is -2.30. The Hall–Kier alpha value is -1.06. The molecule has 0 aromatic rings. The molecule has 80 valence electrons. The van der Waals surface area contributed by atoms with Crippen LogP contribution in [-0.4, -0.2) is 24.4 Å². The van der Waals surface area contributed by atoms with Gasteiger partial charge in [-0.2, -0.15) is 0 Å². The summed E-state index contributed by atoms with van der Waals surface area (Å²) in [7, 11) is 0. The van der Waals surface area contributed by atoms with E-state index in [2.05, 4.69) is 10.6 Å². The minimum atomic E-state index is -0.0598. The highest BCUT2D eigenvalue weighted by atomic mass is 16.2. The fourth-order valence-corrected chi connectivity index (χ4v) is 1.73. The van der Waals surface area contributed by atoms with E-state index < -0.39 is 0 Å². The third-order valence-electron chi connectivity index (χ3n) is 2.62. The molecule has 1 aliphatic heterocycles. The number of hydrogen-bond acceptors (Lipinski definition) is 2. The molecule has 14 heavy (non-hydrogen) atoms. The Bertz CT molecular complexity index is 206.